The molecule has 2 aromatic heterocycles. The highest BCUT2D eigenvalue weighted by molar-refractivity contribution is 6.29. The summed E-state index contributed by atoms with van der Waals surface area (Å²) in [7, 11) is 0. The highest BCUT2D eigenvalue weighted by atomic mass is 35.5. The molecule has 0 aromatic carbocycles. The normalized spacial score (nSPS) is 15.9. The summed E-state index contributed by atoms with van der Waals surface area (Å²) in [4.78, 5) is 8.71. The van der Waals surface area contributed by atoms with Gasteiger partial charge in [-0.1, -0.05) is 30.9 Å². The molecule has 2 aromatic rings. The predicted octanol–water partition coefficient (Wildman–Crippen LogP) is 3.65. The Morgan fingerprint density at radius 3 is 2.67 bits per heavy atom. The Hall–Kier alpha value is -1.82. The first-order valence-electron chi connectivity index (χ1n) is 7.29. The third-order valence-electron chi connectivity index (χ3n) is 3.60. The number of anilines is 3. The van der Waals surface area contributed by atoms with E-state index in [2.05, 4.69) is 30.8 Å². The number of hydrogen-bond acceptors (Lipinski definition) is 5. The van der Waals surface area contributed by atoms with E-state index in [1.165, 1.54) is 19.3 Å². The topological polar surface area (TPSA) is 78.5 Å². The van der Waals surface area contributed by atoms with Crippen LogP contribution in [0.3, 0.4) is 0 Å². The molecule has 1 aliphatic rings. The Morgan fingerprint density at radius 1 is 1.14 bits per heavy atom. The molecule has 0 bridgehead atoms. The van der Waals surface area contributed by atoms with Gasteiger partial charge in [0.05, 0.1) is 0 Å². The van der Waals surface area contributed by atoms with Gasteiger partial charge in [-0.3, -0.25) is 5.10 Å². The summed E-state index contributed by atoms with van der Waals surface area (Å²) < 4.78 is 0. The number of aryl methyl sites for hydroxylation is 1. The summed E-state index contributed by atoms with van der Waals surface area (Å²) in [5.41, 5.74) is 0.984. The number of hydrogen-bond donors (Lipinski definition) is 3. The highest BCUT2D eigenvalue weighted by Gasteiger charge is 2.15. The fourth-order valence-corrected chi connectivity index (χ4v) is 2.77. The third-order valence-corrected chi connectivity index (χ3v) is 3.79. The number of aromatic amines is 1. The Morgan fingerprint density at radius 2 is 1.95 bits per heavy atom. The second-order valence-corrected chi connectivity index (χ2v) is 5.83. The zero-order chi connectivity index (χ0) is 14.7. The maximum atomic E-state index is 6.08. The van der Waals surface area contributed by atoms with Crippen molar-refractivity contribution in [3.05, 3.63) is 23.0 Å². The first-order chi connectivity index (χ1) is 10.2. The quantitative estimate of drug-likeness (QED) is 0.751. The van der Waals surface area contributed by atoms with Crippen molar-refractivity contribution in [3.8, 4) is 0 Å². The Kier molecular flexibility index (Phi) is 4.24. The molecule has 21 heavy (non-hydrogen) atoms. The van der Waals surface area contributed by atoms with E-state index in [4.69, 9.17) is 11.6 Å². The molecule has 6 nitrogen and oxygen atoms in total. The van der Waals surface area contributed by atoms with E-state index >= 15 is 0 Å². The third kappa shape index (κ3) is 3.85. The molecule has 1 saturated carbocycles. The highest BCUT2D eigenvalue weighted by Crippen LogP contribution is 2.23. The average molecular weight is 307 g/mol. The Labute approximate surface area is 128 Å². The minimum Gasteiger partial charge on any atom is -0.351 e. The van der Waals surface area contributed by atoms with Crippen LogP contribution in [0.2, 0.25) is 5.15 Å². The molecule has 0 saturated heterocycles. The van der Waals surface area contributed by atoms with E-state index in [-0.39, 0.29) is 0 Å². The lowest BCUT2D eigenvalue weighted by atomic mass is 9.96. The van der Waals surface area contributed by atoms with Gasteiger partial charge in [-0.05, 0) is 19.8 Å². The van der Waals surface area contributed by atoms with E-state index in [1.807, 2.05) is 13.0 Å². The molecule has 2 heterocycles. The molecular formula is C14H19ClN6. The van der Waals surface area contributed by atoms with Crippen LogP contribution in [0.1, 0.15) is 37.8 Å². The van der Waals surface area contributed by atoms with Crippen LogP contribution in [0.5, 0.6) is 0 Å². The van der Waals surface area contributed by atoms with Gasteiger partial charge in [-0.25, -0.2) is 4.98 Å². The van der Waals surface area contributed by atoms with E-state index in [1.54, 1.807) is 6.07 Å². The van der Waals surface area contributed by atoms with Crippen molar-refractivity contribution in [2.24, 2.45) is 0 Å². The van der Waals surface area contributed by atoms with Gasteiger partial charge in [0.1, 0.15) is 11.0 Å². The van der Waals surface area contributed by atoms with Crippen LogP contribution in [0.4, 0.5) is 17.6 Å². The van der Waals surface area contributed by atoms with Crippen molar-refractivity contribution in [1.29, 1.82) is 0 Å². The summed E-state index contributed by atoms with van der Waals surface area (Å²) in [6, 6.07) is 4.04. The van der Waals surface area contributed by atoms with Crippen molar-refractivity contribution >= 4 is 29.2 Å². The van der Waals surface area contributed by atoms with Crippen molar-refractivity contribution in [2.45, 2.75) is 45.1 Å². The van der Waals surface area contributed by atoms with Gasteiger partial charge < -0.3 is 10.6 Å². The maximum absolute atomic E-state index is 6.08. The number of H-pyrrole nitrogens is 1. The summed E-state index contributed by atoms with van der Waals surface area (Å²) in [5.74, 6) is 1.93. The maximum Gasteiger partial charge on any atom is 0.226 e. The zero-order valence-corrected chi connectivity index (χ0v) is 12.7. The second kappa shape index (κ2) is 6.30. The number of rotatable bonds is 4. The molecule has 0 spiro atoms. The fraction of sp³-hybridized carbons (Fsp3) is 0.500. The number of aromatic nitrogens is 4. The van der Waals surface area contributed by atoms with Crippen LogP contribution in [0.25, 0.3) is 0 Å². The average Bonchev–Trinajstić information content (AvgIpc) is 2.84. The van der Waals surface area contributed by atoms with Gasteiger partial charge in [0.2, 0.25) is 5.95 Å². The number of nitrogens with one attached hydrogen (secondary N) is 3. The summed E-state index contributed by atoms with van der Waals surface area (Å²) >= 11 is 6.08. The van der Waals surface area contributed by atoms with Crippen LogP contribution in [-0.2, 0) is 0 Å². The van der Waals surface area contributed by atoms with E-state index in [9.17, 15) is 0 Å². The standard InChI is InChI=1S/C14H19ClN6/c1-9-7-13(21-20-9)18-12-8-11(15)17-14(19-12)16-10-5-3-2-4-6-10/h7-8,10H,2-6H2,1H3,(H3,16,17,18,19,20,21). The van der Waals surface area contributed by atoms with Gasteiger partial charge in [0.25, 0.3) is 0 Å². The molecule has 112 valence electrons. The molecule has 1 aliphatic carbocycles. The fourth-order valence-electron chi connectivity index (χ4n) is 2.59. The zero-order valence-electron chi connectivity index (χ0n) is 12.0. The first kappa shape index (κ1) is 14.1. The smallest absolute Gasteiger partial charge is 0.226 e. The molecule has 3 rings (SSSR count). The van der Waals surface area contributed by atoms with Crippen LogP contribution in [-0.4, -0.2) is 26.2 Å². The van der Waals surface area contributed by atoms with Crippen molar-refractivity contribution in [3.63, 3.8) is 0 Å². The van der Waals surface area contributed by atoms with Crippen molar-refractivity contribution < 1.29 is 0 Å². The molecule has 0 aliphatic heterocycles. The number of nitrogens with zero attached hydrogens (tertiary/aromatic N) is 3. The molecule has 0 radical (unpaired) electrons. The van der Waals surface area contributed by atoms with E-state index < -0.39 is 0 Å². The Balaban J connectivity index is 1.72. The van der Waals surface area contributed by atoms with E-state index in [0.29, 0.717) is 28.8 Å². The SMILES string of the molecule is Cc1cc(Nc2cc(Cl)nc(NC3CCCCC3)n2)n[nH]1. The molecule has 0 unspecified atom stereocenters. The van der Waals surface area contributed by atoms with Crippen molar-refractivity contribution in [2.75, 3.05) is 10.6 Å². The van der Waals surface area contributed by atoms with Gasteiger partial charge >= 0.3 is 0 Å². The molecule has 0 atom stereocenters. The molecule has 1 fully saturated rings. The Bertz CT molecular complexity index is 605. The first-order valence-corrected chi connectivity index (χ1v) is 7.67. The lowest BCUT2D eigenvalue weighted by molar-refractivity contribution is 0.461. The summed E-state index contributed by atoms with van der Waals surface area (Å²) in [6.07, 6.45) is 6.17. The van der Waals surface area contributed by atoms with Crippen LogP contribution < -0.4 is 10.6 Å². The van der Waals surface area contributed by atoms with Gasteiger partial charge in [-0.15, -0.1) is 0 Å². The largest absolute Gasteiger partial charge is 0.351 e. The van der Waals surface area contributed by atoms with Crippen LogP contribution in [0, 0.1) is 6.92 Å². The van der Waals surface area contributed by atoms with Gasteiger partial charge in [0, 0.05) is 23.9 Å². The molecule has 7 heteroatoms. The lowest BCUT2D eigenvalue weighted by Gasteiger charge is -2.22. The minimum atomic E-state index is 0.415. The van der Waals surface area contributed by atoms with Crippen LogP contribution in [0.15, 0.2) is 12.1 Å². The molecule has 0 amide bonds. The monoisotopic (exact) mass is 306 g/mol. The van der Waals surface area contributed by atoms with E-state index in [0.717, 1.165) is 18.5 Å². The minimum absolute atomic E-state index is 0.415. The predicted molar refractivity (Wildman–Crippen MR) is 84.1 cm³/mol. The van der Waals surface area contributed by atoms with Crippen molar-refractivity contribution in [1.82, 2.24) is 20.2 Å². The van der Waals surface area contributed by atoms with Crippen LogP contribution >= 0.6 is 11.6 Å². The second-order valence-electron chi connectivity index (χ2n) is 5.44. The molecular weight excluding hydrogens is 288 g/mol. The lowest BCUT2D eigenvalue weighted by Crippen LogP contribution is -2.23. The summed E-state index contributed by atoms with van der Waals surface area (Å²) in [5, 5.41) is 13.9. The number of halogens is 1. The van der Waals surface area contributed by atoms with Gasteiger partial charge in [-0.2, -0.15) is 10.1 Å². The van der Waals surface area contributed by atoms with Gasteiger partial charge in [0.15, 0.2) is 5.82 Å². The molecule has 3 N–H and O–H groups in total. The summed E-state index contributed by atoms with van der Waals surface area (Å²) in [6.45, 7) is 1.95.